The molecule has 0 aliphatic carbocycles. The summed E-state index contributed by atoms with van der Waals surface area (Å²) in [4.78, 5) is 97.9. The van der Waals surface area contributed by atoms with E-state index in [0.717, 1.165) is 0 Å². The van der Waals surface area contributed by atoms with Crippen LogP contribution in [0.2, 0.25) is 0 Å². The van der Waals surface area contributed by atoms with Gasteiger partial charge in [-0.25, -0.2) is 0 Å². The van der Waals surface area contributed by atoms with Gasteiger partial charge in [0.2, 0.25) is 18.3 Å². The van der Waals surface area contributed by atoms with Crippen LogP contribution in [0, 0.1) is 0 Å². The van der Waals surface area contributed by atoms with E-state index in [2.05, 4.69) is 0 Å². The molecule has 3 heterocycles. The topological polar surface area (TPSA) is 249 Å². The molecular weight excluding hydrogens is 828 g/mol. The second-order valence-electron chi connectivity index (χ2n) is 15.1. The summed E-state index contributed by atoms with van der Waals surface area (Å²) in [6, 6.07) is 0. The van der Waals surface area contributed by atoms with Crippen molar-refractivity contribution in [1.82, 2.24) is 4.90 Å². The molecule has 1 amide bonds. The lowest BCUT2D eigenvalue weighted by molar-refractivity contribution is -0.200. The van der Waals surface area contributed by atoms with Gasteiger partial charge in [0, 0.05) is 62.9 Å². The number of carbonyl (C=O) groups excluding carboxylic acids is 8. The lowest BCUT2D eigenvalue weighted by atomic mass is 10.1. The van der Waals surface area contributed by atoms with Crippen molar-refractivity contribution in [2.24, 2.45) is 5.73 Å². The molecule has 63 heavy (non-hydrogen) atoms. The molecule has 2 fully saturated rings. The number of hydrogen-bond donors (Lipinski definition) is 1. The van der Waals surface area contributed by atoms with Crippen LogP contribution in [0.15, 0.2) is 24.0 Å². The van der Waals surface area contributed by atoms with E-state index >= 15 is 0 Å². The van der Waals surface area contributed by atoms with Gasteiger partial charge in [0.1, 0.15) is 25.4 Å². The third-order valence-electron chi connectivity index (χ3n) is 9.40. The molecule has 0 aromatic carbocycles. The Morgan fingerprint density at radius 2 is 0.889 bits per heavy atom. The first-order chi connectivity index (χ1) is 30.2. The third kappa shape index (κ3) is 18.7. The van der Waals surface area contributed by atoms with Crippen molar-refractivity contribution in [2.75, 3.05) is 13.2 Å². The van der Waals surface area contributed by atoms with E-state index in [1.807, 2.05) is 48.5 Å². The van der Waals surface area contributed by atoms with Crippen LogP contribution in [0.3, 0.4) is 0 Å². The fraction of sp³-hybridized carbons (Fsp3) is 0.727. The van der Waals surface area contributed by atoms with Crippen LogP contribution in [0.5, 0.6) is 0 Å². The minimum atomic E-state index is -1.25. The van der Waals surface area contributed by atoms with Crippen LogP contribution in [0.4, 0.5) is 0 Å². The molecule has 1 unspecified atom stereocenters. The normalized spacial score (nSPS) is 23.6. The van der Waals surface area contributed by atoms with E-state index in [1.54, 1.807) is 17.2 Å². The lowest BCUT2D eigenvalue weighted by Crippen LogP contribution is -2.45. The monoisotopic (exact) mass is 896 g/mol. The van der Waals surface area contributed by atoms with Gasteiger partial charge in [0.25, 0.3) is 0 Å². The van der Waals surface area contributed by atoms with E-state index in [4.69, 9.17) is 48.4 Å². The molecular formula is C44H68N2O17. The molecule has 0 spiro atoms. The smallest absolute Gasteiger partial charge is 0.308 e. The van der Waals surface area contributed by atoms with Crippen LogP contribution < -0.4 is 5.73 Å². The predicted octanol–water partition coefficient (Wildman–Crippen LogP) is 4.89. The molecule has 0 radical (unpaired) electrons. The maximum atomic E-state index is 12.4. The second kappa shape index (κ2) is 29.3. The van der Waals surface area contributed by atoms with E-state index in [-0.39, 0.29) is 58.2 Å². The average molecular weight is 897 g/mol. The number of allylic oxidation sites excluding steroid dienone is 1. The zero-order chi connectivity index (χ0) is 46.9. The van der Waals surface area contributed by atoms with Crippen LogP contribution in [0.25, 0.3) is 0 Å². The minimum absolute atomic E-state index is 0.151. The Kier molecular flexibility index (Phi) is 25.2. The Morgan fingerprint density at radius 1 is 0.524 bits per heavy atom. The Bertz CT molecular complexity index is 1580. The molecule has 3 aliphatic rings. The summed E-state index contributed by atoms with van der Waals surface area (Å²) < 4.78 is 49.9. The van der Waals surface area contributed by atoms with Gasteiger partial charge < -0.3 is 53.3 Å². The third-order valence-corrected chi connectivity index (χ3v) is 9.40. The number of carbonyl (C=O) groups is 8. The molecule has 2 N–H and O–H groups in total. The molecule has 3 rings (SSSR count). The van der Waals surface area contributed by atoms with Gasteiger partial charge in [-0.1, -0.05) is 54.5 Å². The molecule has 8 atom stereocenters. The Balaban J connectivity index is 0.000000436. The van der Waals surface area contributed by atoms with Crippen LogP contribution in [0.1, 0.15) is 145 Å². The maximum Gasteiger partial charge on any atom is 0.308 e. The number of hydrogen-bond acceptors (Lipinski definition) is 18. The molecule has 19 heteroatoms. The first kappa shape index (κ1) is 54.1. The molecule has 19 nitrogen and oxygen atoms in total. The number of esters is 7. The number of ether oxygens (including phenoxy) is 9. The Morgan fingerprint density at radius 3 is 1.32 bits per heavy atom. The Hall–Kier alpha value is -5.04. The van der Waals surface area contributed by atoms with Gasteiger partial charge in [-0.2, -0.15) is 0 Å². The highest BCUT2D eigenvalue weighted by Crippen LogP contribution is 2.33. The molecule has 356 valence electrons. The van der Waals surface area contributed by atoms with Crippen molar-refractivity contribution >= 4 is 47.7 Å². The van der Waals surface area contributed by atoms with Crippen molar-refractivity contribution < 1.29 is 81.0 Å². The van der Waals surface area contributed by atoms with E-state index < -0.39 is 96.8 Å². The highest BCUT2D eigenvalue weighted by atomic mass is 16.8. The van der Waals surface area contributed by atoms with Gasteiger partial charge in [-0.3, -0.25) is 38.4 Å². The summed E-state index contributed by atoms with van der Waals surface area (Å²) >= 11 is 0. The summed E-state index contributed by atoms with van der Waals surface area (Å²) in [6.07, 6.45) is 2.50. The first-order valence-electron chi connectivity index (χ1n) is 22.2. The van der Waals surface area contributed by atoms with Gasteiger partial charge in [-0.15, -0.1) is 0 Å². The first-order valence-corrected chi connectivity index (χ1v) is 22.2. The van der Waals surface area contributed by atoms with E-state index in [0.29, 0.717) is 56.9 Å². The standard InChI is InChI=1S/C23H34N2O8.C21H34O9/c1-4-8-17(26)30-14-16-20(32-18(27)9-5-2)21(33-19(28)10-6-3)23(31-16)25-12-7-11-15(13-25)22(24)29;1-5-9-15(22)26-13-14-19(28-16(23)10-6-2)20(29-17(24)11-7-3)21(27-14)30-18(25)12-8-4/h7,12-13,16,20-21,23H,4-6,8-11,14H2,1-3H3,(H2,24,29);14,19-21H,5-13H2,1-4H3/t16-,20-,21-,23-;14-,19-,20-,21?/m11/s1. The molecule has 0 saturated carbocycles. The van der Waals surface area contributed by atoms with Crippen molar-refractivity contribution in [2.45, 2.75) is 194 Å². The molecule has 0 bridgehead atoms. The molecule has 2 saturated heterocycles. The van der Waals surface area contributed by atoms with Gasteiger partial charge in [-0.05, 0) is 51.4 Å². The van der Waals surface area contributed by atoms with Crippen LogP contribution in [-0.4, -0.2) is 115 Å². The highest BCUT2D eigenvalue weighted by Gasteiger charge is 2.53. The predicted molar refractivity (Wildman–Crippen MR) is 222 cm³/mol. The zero-order valence-electron chi connectivity index (χ0n) is 37.8. The number of nitrogens with zero attached hydrogens (tertiary/aromatic N) is 1. The van der Waals surface area contributed by atoms with Crippen LogP contribution >= 0.6 is 0 Å². The SMILES string of the molecule is CCCC(=O)OC[C@H]1OC(OC(=O)CCC)[C@H](OC(=O)CCC)[C@@H]1OC(=O)CCC.CCCC(=O)OC[C@H]1O[C@@H](N2C=CCC(C(N)=O)=C2)[C@H](OC(=O)CCC)[C@@H]1OC(=O)CCC. The van der Waals surface area contributed by atoms with Gasteiger partial charge >= 0.3 is 41.8 Å². The van der Waals surface area contributed by atoms with Gasteiger partial charge in [0.15, 0.2) is 24.5 Å². The number of nitrogens with two attached hydrogens (primary N) is 1. The van der Waals surface area contributed by atoms with E-state index in [9.17, 15) is 38.4 Å². The highest BCUT2D eigenvalue weighted by molar-refractivity contribution is 5.92. The molecule has 0 aromatic rings. The van der Waals surface area contributed by atoms with Crippen molar-refractivity contribution in [3.8, 4) is 0 Å². The quantitative estimate of drug-likeness (QED) is 0.0946. The van der Waals surface area contributed by atoms with Crippen LogP contribution in [-0.2, 0) is 81.0 Å². The summed E-state index contributed by atoms with van der Waals surface area (Å²) in [5, 5.41) is 0. The van der Waals surface area contributed by atoms with Crippen molar-refractivity contribution in [1.29, 1.82) is 0 Å². The second-order valence-corrected chi connectivity index (χ2v) is 15.1. The molecule has 3 aliphatic heterocycles. The fourth-order valence-corrected chi connectivity index (χ4v) is 6.39. The number of rotatable bonds is 25. The fourth-order valence-electron chi connectivity index (χ4n) is 6.39. The Labute approximate surface area is 369 Å². The number of amides is 1. The number of primary amides is 1. The minimum Gasteiger partial charge on any atom is -0.463 e. The summed E-state index contributed by atoms with van der Waals surface area (Å²) in [6.45, 7) is 12.5. The van der Waals surface area contributed by atoms with Gasteiger partial charge in [0.05, 0.1) is 0 Å². The van der Waals surface area contributed by atoms with E-state index in [1.165, 1.54) is 6.20 Å². The van der Waals surface area contributed by atoms with Crippen molar-refractivity contribution in [3.05, 3.63) is 24.0 Å². The maximum absolute atomic E-state index is 12.4. The lowest BCUT2D eigenvalue weighted by Gasteiger charge is -2.31. The zero-order valence-corrected chi connectivity index (χ0v) is 37.8. The summed E-state index contributed by atoms with van der Waals surface area (Å²) in [5.41, 5.74) is 5.77. The largest absolute Gasteiger partial charge is 0.463 e. The summed E-state index contributed by atoms with van der Waals surface area (Å²) in [7, 11) is 0. The molecule has 0 aromatic heterocycles. The van der Waals surface area contributed by atoms with Crippen molar-refractivity contribution in [3.63, 3.8) is 0 Å². The summed E-state index contributed by atoms with van der Waals surface area (Å²) in [5.74, 6) is -3.93. The average Bonchev–Trinajstić information content (AvgIpc) is 3.72.